The number of nitrogens with one attached hydrogen (secondary N) is 2. The highest BCUT2D eigenvalue weighted by Crippen LogP contribution is 2.42. The SMILES string of the molecule is CCCCN(OS(=O)(=O)ON1C(=O)N2C[C@@H]1CC[C@H]2c1nnc(C2CC(N=C(NC(=O)OC(C)(C)C)NC(=O)OC(C)(C)C)C2)o1)C(CCC)(CCCC)CCCC. The number of rotatable bonds is 19. The van der Waals surface area contributed by atoms with Gasteiger partial charge in [-0.2, -0.15) is 22.8 Å². The van der Waals surface area contributed by atoms with Crippen LogP contribution >= 0.6 is 0 Å². The van der Waals surface area contributed by atoms with Gasteiger partial charge in [0, 0.05) is 24.5 Å². The number of aromatic nitrogens is 2. The summed E-state index contributed by atoms with van der Waals surface area (Å²) in [5.74, 6) is 0.353. The van der Waals surface area contributed by atoms with Crippen molar-refractivity contribution in [2.75, 3.05) is 13.1 Å². The number of guanidine groups is 1. The van der Waals surface area contributed by atoms with Gasteiger partial charge in [-0.1, -0.05) is 66.2 Å². The third-order valence-corrected chi connectivity index (χ3v) is 11.1. The molecule has 0 aromatic carbocycles. The van der Waals surface area contributed by atoms with Crippen LogP contribution < -0.4 is 10.6 Å². The number of carbonyl (C=O) groups is 3. The van der Waals surface area contributed by atoms with Crippen LogP contribution in [0.1, 0.15) is 183 Å². The minimum absolute atomic E-state index is 0.108. The number of ether oxygens (including phenoxy) is 2. The minimum Gasteiger partial charge on any atom is -0.444 e. The molecule has 2 bridgehead atoms. The summed E-state index contributed by atoms with van der Waals surface area (Å²) in [6.07, 6.45) is 9.01. The van der Waals surface area contributed by atoms with E-state index >= 15 is 0 Å². The Balaban J connectivity index is 1.42. The maximum atomic E-state index is 13.8. The first-order valence-electron chi connectivity index (χ1n) is 21.1. The summed E-state index contributed by atoms with van der Waals surface area (Å²) in [7, 11) is -4.66. The quantitative estimate of drug-likeness (QED) is 0.0776. The van der Waals surface area contributed by atoms with Crippen molar-refractivity contribution in [2.24, 2.45) is 4.99 Å². The molecule has 3 fully saturated rings. The van der Waals surface area contributed by atoms with E-state index in [0.29, 0.717) is 38.1 Å². The van der Waals surface area contributed by atoms with E-state index in [1.54, 1.807) is 46.6 Å². The van der Waals surface area contributed by atoms with Gasteiger partial charge in [0.15, 0.2) is 0 Å². The lowest BCUT2D eigenvalue weighted by Gasteiger charge is -2.43. The molecule has 2 saturated heterocycles. The molecule has 3 heterocycles. The molecule has 0 radical (unpaired) electrons. The normalized spacial score (nSPS) is 21.2. The van der Waals surface area contributed by atoms with Crippen molar-refractivity contribution in [1.29, 1.82) is 0 Å². The van der Waals surface area contributed by atoms with Crippen molar-refractivity contribution in [3.05, 3.63) is 11.8 Å². The van der Waals surface area contributed by atoms with E-state index in [2.05, 4.69) is 53.5 Å². The number of hydrogen-bond acceptors (Lipinski definition) is 14. The maximum absolute atomic E-state index is 13.8. The molecule has 1 aromatic heterocycles. The summed E-state index contributed by atoms with van der Waals surface area (Å²) in [5, 5.41) is 16.1. The Hall–Kier alpha value is -3.55. The predicted octanol–water partition coefficient (Wildman–Crippen LogP) is 7.79. The zero-order valence-electron chi connectivity index (χ0n) is 36.3. The number of nitrogens with zero attached hydrogens (tertiary/aromatic N) is 6. The summed E-state index contributed by atoms with van der Waals surface area (Å²) in [4.78, 5) is 44.8. The summed E-state index contributed by atoms with van der Waals surface area (Å²) < 4.78 is 55.5. The van der Waals surface area contributed by atoms with Gasteiger partial charge in [0.25, 0.3) is 0 Å². The van der Waals surface area contributed by atoms with E-state index in [1.807, 2.05) is 0 Å². The van der Waals surface area contributed by atoms with Crippen LogP contribution in [0.2, 0.25) is 0 Å². The topological polar surface area (TPSA) is 207 Å². The fraction of sp³-hybridized carbons (Fsp3) is 0.846. The predicted molar refractivity (Wildman–Crippen MR) is 215 cm³/mol. The lowest BCUT2D eigenvalue weighted by molar-refractivity contribution is -0.172. The maximum Gasteiger partial charge on any atom is 0.437 e. The van der Waals surface area contributed by atoms with Gasteiger partial charge in [0.2, 0.25) is 17.7 Å². The van der Waals surface area contributed by atoms with Gasteiger partial charge in [-0.05, 0) is 92.9 Å². The first-order chi connectivity index (χ1) is 27.2. The molecule has 1 aromatic rings. The van der Waals surface area contributed by atoms with Crippen molar-refractivity contribution in [3.8, 4) is 0 Å². The van der Waals surface area contributed by atoms with E-state index in [0.717, 1.165) is 69.3 Å². The number of aliphatic imine (C=N–C) groups is 1. The smallest absolute Gasteiger partial charge is 0.437 e. The minimum atomic E-state index is -4.66. The lowest BCUT2D eigenvalue weighted by Crippen LogP contribution is -2.51. The number of urea groups is 1. The average molecular weight is 841 g/mol. The standard InChI is InChI=1S/C39H68N8O10S/c1-11-15-21-39(20-14-4,22-16-12-2)46(23-17-13-3)56-58(51,52)57-47-29-18-19-30(45(26-29)36(47)50)32-44-43-31(53-32)27-24-28(25-27)40-33(41-34(48)54-37(5,6)7)42-35(49)55-38(8,9)10/h27-30H,11-26H2,1-10H3,(H2,40,41,42,48,49)/t27?,28?,29-,30-/m0/s1. The molecule has 1 aliphatic carbocycles. The lowest BCUT2D eigenvalue weighted by atomic mass is 9.80. The highest BCUT2D eigenvalue weighted by Gasteiger charge is 2.50. The third kappa shape index (κ3) is 13.2. The largest absolute Gasteiger partial charge is 0.444 e. The summed E-state index contributed by atoms with van der Waals surface area (Å²) in [5.41, 5.74) is -2.01. The fourth-order valence-corrected chi connectivity index (χ4v) is 8.47. The molecule has 3 aliphatic rings. The van der Waals surface area contributed by atoms with Crippen molar-refractivity contribution in [2.45, 2.75) is 200 Å². The molecule has 1 saturated carbocycles. The van der Waals surface area contributed by atoms with E-state index in [9.17, 15) is 22.8 Å². The van der Waals surface area contributed by atoms with Gasteiger partial charge in [-0.15, -0.1) is 14.5 Å². The Morgan fingerprint density at radius 3 is 1.95 bits per heavy atom. The van der Waals surface area contributed by atoms with Crippen LogP contribution in [0, 0.1) is 0 Å². The van der Waals surface area contributed by atoms with Crippen molar-refractivity contribution >= 4 is 34.6 Å². The zero-order valence-corrected chi connectivity index (χ0v) is 37.1. The summed E-state index contributed by atoms with van der Waals surface area (Å²) in [6.45, 7) is 19.4. The Labute approximate surface area is 344 Å². The molecule has 58 heavy (non-hydrogen) atoms. The van der Waals surface area contributed by atoms with Gasteiger partial charge in [-0.25, -0.2) is 19.4 Å². The van der Waals surface area contributed by atoms with Gasteiger partial charge in [0.1, 0.15) is 17.2 Å². The number of hydrogen-bond donors (Lipinski definition) is 2. The number of piperidine rings is 1. The molecular formula is C39H68N8O10S. The third-order valence-electron chi connectivity index (χ3n) is 10.4. The molecule has 0 spiro atoms. The van der Waals surface area contributed by atoms with Crippen molar-refractivity contribution in [1.82, 2.24) is 35.9 Å². The molecule has 2 N–H and O–H groups in total. The highest BCUT2D eigenvalue weighted by atomic mass is 32.3. The highest BCUT2D eigenvalue weighted by molar-refractivity contribution is 7.81. The first kappa shape index (κ1) is 47.1. The molecule has 19 heteroatoms. The molecule has 18 nitrogen and oxygen atoms in total. The second-order valence-corrected chi connectivity index (χ2v) is 18.8. The molecule has 4 rings (SSSR count). The van der Waals surface area contributed by atoms with E-state index in [1.165, 1.54) is 4.90 Å². The van der Waals surface area contributed by atoms with E-state index < -0.39 is 57.4 Å². The van der Waals surface area contributed by atoms with Crippen LogP contribution in [0.15, 0.2) is 9.41 Å². The first-order valence-corrected chi connectivity index (χ1v) is 22.5. The second-order valence-electron chi connectivity index (χ2n) is 17.7. The number of fused-ring (bicyclic) bond motifs is 2. The van der Waals surface area contributed by atoms with E-state index in [-0.39, 0.29) is 30.4 Å². The summed E-state index contributed by atoms with van der Waals surface area (Å²) >= 11 is 0. The Morgan fingerprint density at radius 1 is 0.845 bits per heavy atom. The van der Waals surface area contributed by atoms with Crippen LogP contribution in [0.3, 0.4) is 0 Å². The van der Waals surface area contributed by atoms with E-state index in [4.69, 9.17) is 22.5 Å². The van der Waals surface area contributed by atoms with Crippen LogP contribution in [0.25, 0.3) is 0 Å². The Kier molecular flexibility index (Phi) is 16.4. The zero-order chi connectivity index (χ0) is 42.9. The molecule has 2 aliphatic heterocycles. The molecule has 0 unspecified atom stereocenters. The van der Waals surface area contributed by atoms with Crippen molar-refractivity contribution in [3.63, 3.8) is 0 Å². The number of amides is 4. The molecule has 330 valence electrons. The van der Waals surface area contributed by atoms with Crippen LogP contribution in [0.5, 0.6) is 0 Å². The van der Waals surface area contributed by atoms with Crippen LogP contribution in [-0.4, -0.2) is 99.7 Å². The second kappa shape index (κ2) is 20.1. The van der Waals surface area contributed by atoms with Crippen LogP contribution in [-0.2, 0) is 28.4 Å². The number of unbranched alkanes of at least 4 members (excludes halogenated alkanes) is 3. The number of hydroxylamine groups is 4. The van der Waals surface area contributed by atoms with Crippen molar-refractivity contribution < 1.29 is 45.3 Å². The molecule has 2 atom stereocenters. The van der Waals surface area contributed by atoms with Crippen LogP contribution in [0.4, 0.5) is 14.4 Å². The monoisotopic (exact) mass is 840 g/mol. The number of carbonyl (C=O) groups excluding carboxylic acids is 3. The number of alkyl carbamates (subject to hydrolysis) is 2. The Bertz CT molecular complexity index is 1630. The summed E-state index contributed by atoms with van der Waals surface area (Å²) in [6, 6.07) is -1.98. The van der Waals surface area contributed by atoms with Gasteiger partial charge in [-0.3, -0.25) is 10.6 Å². The molecular weight excluding hydrogens is 773 g/mol. The molecule has 4 amide bonds. The Morgan fingerprint density at radius 2 is 1.41 bits per heavy atom. The average Bonchev–Trinajstić information content (AvgIpc) is 3.67. The van der Waals surface area contributed by atoms with Gasteiger partial charge in [0.05, 0.1) is 12.1 Å². The fourth-order valence-electron chi connectivity index (χ4n) is 7.61. The van der Waals surface area contributed by atoms with Gasteiger partial charge >= 0.3 is 28.6 Å². The van der Waals surface area contributed by atoms with Gasteiger partial charge < -0.3 is 18.8 Å².